The summed E-state index contributed by atoms with van der Waals surface area (Å²) >= 11 is 0. The zero-order valence-corrected chi connectivity index (χ0v) is 13.3. The quantitative estimate of drug-likeness (QED) is 0.678. The van der Waals surface area contributed by atoms with E-state index >= 15 is 0 Å². The molecule has 1 amide bonds. The molecule has 1 heterocycles. The molecule has 118 valence electrons. The first kappa shape index (κ1) is 17.4. The molecule has 0 aromatic heterocycles. The highest BCUT2D eigenvalue weighted by Crippen LogP contribution is 2.17. The topological polar surface area (TPSA) is 58.8 Å². The lowest BCUT2D eigenvalue weighted by atomic mass is 10.1. The molecule has 0 aromatic carbocycles. The van der Waals surface area contributed by atoms with E-state index in [9.17, 15) is 4.79 Å². The number of rotatable bonds is 8. The molecule has 1 unspecified atom stereocenters. The number of likely N-dealkylation sites (N-methyl/N-ethyl adjacent to an activating group) is 1. The number of carbonyl (C=O) groups excluding carboxylic acids is 1. The van der Waals surface area contributed by atoms with Crippen molar-refractivity contribution in [2.45, 2.75) is 52.2 Å². The van der Waals surface area contributed by atoms with Gasteiger partial charge < -0.3 is 15.4 Å². The van der Waals surface area contributed by atoms with Crippen molar-refractivity contribution in [1.29, 1.82) is 0 Å². The Balaban J connectivity index is 2.34. The van der Waals surface area contributed by atoms with Gasteiger partial charge in [-0.25, -0.2) is 0 Å². The minimum atomic E-state index is -0.0140. The molecule has 1 aliphatic heterocycles. The van der Waals surface area contributed by atoms with E-state index in [1.54, 1.807) is 0 Å². The summed E-state index contributed by atoms with van der Waals surface area (Å²) in [5.74, 6) is 0.248. The van der Waals surface area contributed by atoms with Gasteiger partial charge in [-0.1, -0.05) is 0 Å². The van der Waals surface area contributed by atoms with Crippen molar-refractivity contribution in [2.24, 2.45) is 5.73 Å². The van der Waals surface area contributed by atoms with Crippen LogP contribution in [0.15, 0.2) is 0 Å². The molecule has 1 aliphatic rings. The Hall–Kier alpha value is -0.650. The predicted octanol–water partition coefficient (Wildman–Crippen LogP) is 1.07. The zero-order valence-electron chi connectivity index (χ0n) is 13.3. The third kappa shape index (κ3) is 5.04. The number of ether oxygens (including phenoxy) is 1. The van der Waals surface area contributed by atoms with E-state index in [-0.39, 0.29) is 11.9 Å². The molecular weight excluding hydrogens is 254 g/mol. The van der Waals surface area contributed by atoms with Crippen molar-refractivity contribution in [1.82, 2.24) is 9.80 Å². The van der Waals surface area contributed by atoms with E-state index in [0.29, 0.717) is 12.6 Å². The molecule has 0 aliphatic carbocycles. The van der Waals surface area contributed by atoms with E-state index in [2.05, 4.69) is 4.90 Å². The van der Waals surface area contributed by atoms with Gasteiger partial charge in [-0.15, -0.1) is 0 Å². The molecule has 5 nitrogen and oxygen atoms in total. The largest absolute Gasteiger partial charge is 0.378 e. The number of nitrogens with zero attached hydrogens (tertiary/aromatic N) is 2. The van der Waals surface area contributed by atoms with Gasteiger partial charge >= 0.3 is 0 Å². The molecule has 5 heteroatoms. The molecule has 0 spiro atoms. The summed E-state index contributed by atoms with van der Waals surface area (Å²) in [5, 5.41) is 0. The first-order chi connectivity index (χ1) is 9.63. The Labute approximate surface area is 123 Å². The van der Waals surface area contributed by atoms with Crippen LogP contribution in [-0.2, 0) is 9.53 Å². The minimum absolute atomic E-state index is 0.0140. The lowest BCUT2D eigenvalue weighted by Crippen LogP contribution is -2.50. The van der Waals surface area contributed by atoms with Gasteiger partial charge in [0.2, 0.25) is 5.91 Å². The third-order valence-electron chi connectivity index (χ3n) is 4.16. The summed E-state index contributed by atoms with van der Waals surface area (Å²) in [7, 11) is 0. The van der Waals surface area contributed by atoms with Crippen molar-refractivity contribution in [2.75, 3.05) is 39.3 Å². The van der Waals surface area contributed by atoms with E-state index in [4.69, 9.17) is 10.5 Å². The number of piperidine rings is 1. The van der Waals surface area contributed by atoms with Gasteiger partial charge in [0.15, 0.2) is 0 Å². The molecular formula is C15H31N3O2. The zero-order chi connectivity index (χ0) is 15.0. The van der Waals surface area contributed by atoms with Crippen LogP contribution in [0.5, 0.6) is 0 Å². The number of hydrogen-bond acceptors (Lipinski definition) is 4. The van der Waals surface area contributed by atoms with Crippen LogP contribution in [0.4, 0.5) is 0 Å². The third-order valence-corrected chi connectivity index (χ3v) is 4.16. The standard InChI is InChI=1S/C15H31N3O2/c1-4-17(5-2)15(19)13(3)18-10-7-14(8-11-18)20-12-6-9-16/h13-14H,4-12,16H2,1-3H3. The molecule has 1 rings (SSSR count). The maximum absolute atomic E-state index is 12.3. The summed E-state index contributed by atoms with van der Waals surface area (Å²) in [6.07, 6.45) is 3.30. The Kier molecular flexibility index (Phi) is 8.11. The number of hydrogen-bond donors (Lipinski definition) is 1. The van der Waals surface area contributed by atoms with Gasteiger partial charge in [-0.2, -0.15) is 0 Å². The van der Waals surface area contributed by atoms with Gasteiger partial charge in [0.25, 0.3) is 0 Å². The van der Waals surface area contributed by atoms with Gasteiger partial charge in [0.1, 0.15) is 0 Å². The summed E-state index contributed by atoms with van der Waals surface area (Å²) in [6, 6.07) is -0.0140. The molecule has 0 saturated carbocycles. The monoisotopic (exact) mass is 285 g/mol. The van der Waals surface area contributed by atoms with Crippen LogP contribution in [0.1, 0.15) is 40.0 Å². The molecule has 20 heavy (non-hydrogen) atoms. The molecule has 1 saturated heterocycles. The maximum atomic E-state index is 12.3. The molecule has 1 fully saturated rings. The maximum Gasteiger partial charge on any atom is 0.239 e. The van der Waals surface area contributed by atoms with Crippen LogP contribution in [0, 0.1) is 0 Å². The van der Waals surface area contributed by atoms with Crippen LogP contribution >= 0.6 is 0 Å². The fourth-order valence-electron chi connectivity index (χ4n) is 2.72. The first-order valence-electron chi connectivity index (χ1n) is 7.98. The van der Waals surface area contributed by atoms with Gasteiger partial charge in [-0.3, -0.25) is 9.69 Å². The van der Waals surface area contributed by atoms with E-state index < -0.39 is 0 Å². The summed E-state index contributed by atoms with van der Waals surface area (Å²) in [4.78, 5) is 16.5. The number of amides is 1. The second-order valence-electron chi connectivity index (χ2n) is 5.43. The number of carbonyl (C=O) groups is 1. The minimum Gasteiger partial charge on any atom is -0.378 e. The van der Waals surface area contributed by atoms with Crippen LogP contribution in [0.3, 0.4) is 0 Å². The average molecular weight is 285 g/mol. The van der Waals surface area contributed by atoms with Crippen molar-refractivity contribution < 1.29 is 9.53 Å². The highest BCUT2D eigenvalue weighted by Gasteiger charge is 2.28. The van der Waals surface area contributed by atoms with Crippen LogP contribution in [-0.4, -0.2) is 67.2 Å². The summed E-state index contributed by atoms with van der Waals surface area (Å²) in [6.45, 7) is 11.0. The fraction of sp³-hybridized carbons (Fsp3) is 0.933. The number of likely N-dealkylation sites (tertiary alicyclic amines) is 1. The van der Waals surface area contributed by atoms with E-state index in [0.717, 1.165) is 52.0 Å². The van der Waals surface area contributed by atoms with Crippen molar-refractivity contribution in [3.8, 4) is 0 Å². The van der Waals surface area contributed by atoms with Gasteiger partial charge in [-0.05, 0) is 46.6 Å². The second kappa shape index (κ2) is 9.32. The SMILES string of the molecule is CCN(CC)C(=O)C(C)N1CCC(OCCCN)CC1. The highest BCUT2D eigenvalue weighted by molar-refractivity contribution is 5.81. The van der Waals surface area contributed by atoms with Gasteiger partial charge in [0.05, 0.1) is 12.1 Å². The highest BCUT2D eigenvalue weighted by atomic mass is 16.5. The van der Waals surface area contributed by atoms with Crippen LogP contribution in [0.25, 0.3) is 0 Å². The van der Waals surface area contributed by atoms with Crippen molar-refractivity contribution >= 4 is 5.91 Å². The molecule has 0 aromatic rings. The first-order valence-corrected chi connectivity index (χ1v) is 7.98. The molecule has 2 N–H and O–H groups in total. The molecule has 0 radical (unpaired) electrons. The fourth-order valence-corrected chi connectivity index (χ4v) is 2.72. The predicted molar refractivity (Wildman–Crippen MR) is 81.6 cm³/mol. The molecule has 0 bridgehead atoms. The van der Waals surface area contributed by atoms with Gasteiger partial charge in [0, 0.05) is 32.8 Å². The molecule has 1 atom stereocenters. The number of nitrogens with two attached hydrogens (primary N) is 1. The normalized spacial score (nSPS) is 19.0. The van der Waals surface area contributed by atoms with Crippen molar-refractivity contribution in [3.05, 3.63) is 0 Å². The van der Waals surface area contributed by atoms with Crippen LogP contribution < -0.4 is 5.73 Å². The lowest BCUT2D eigenvalue weighted by Gasteiger charge is -2.37. The smallest absolute Gasteiger partial charge is 0.239 e. The van der Waals surface area contributed by atoms with Crippen molar-refractivity contribution in [3.63, 3.8) is 0 Å². The Morgan fingerprint density at radius 3 is 2.45 bits per heavy atom. The lowest BCUT2D eigenvalue weighted by molar-refractivity contribution is -0.137. The second-order valence-corrected chi connectivity index (χ2v) is 5.43. The Morgan fingerprint density at radius 1 is 1.35 bits per heavy atom. The Morgan fingerprint density at radius 2 is 1.95 bits per heavy atom. The van der Waals surface area contributed by atoms with E-state index in [1.807, 2.05) is 25.7 Å². The summed E-state index contributed by atoms with van der Waals surface area (Å²) < 4.78 is 5.80. The Bertz CT molecular complexity index is 274. The summed E-state index contributed by atoms with van der Waals surface area (Å²) in [5.41, 5.74) is 5.46. The van der Waals surface area contributed by atoms with E-state index in [1.165, 1.54) is 0 Å². The van der Waals surface area contributed by atoms with Crippen LogP contribution in [0.2, 0.25) is 0 Å². The average Bonchev–Trinajstić information content (AvgIpc) is 2.48.